The lowest BCUT2D eigenvalue weighted by Gasteiger charge is -2.11. The highest BCUT2D eigenvalue weighted by Gasteiger charge is 2.00. The number of nitrogens with zero attached hydrogens (tertiary/aromatic N) is 2. The van der Waals surface area contributed by atoms with Gasteiger partial charge in [-0.15, -0.1) is 35.3 Å². The lowest BCUT2D eigenvalue weighted by atomic mass is 10.1. The molecule has 1 heterocycles. The maximum Gasteiger partial charge on any atom is 0.191 e. The Balaban J connectivity index is 0.00000324. The van der Waals surface area contributed by atoms with Crippen LogP contribution in [0.2, 0.25) is 0 Å². The third kappa shape index (κ3) is 8.41. The quantitative estimate of drug-likeness (QED) is 0.441. The predicted octanol–water partition coefficient (Wildman–Crippen LogP) is 3.17. The van der Waals surface area contributed by atoms with Crippen molar-refractivity contribution in [2.75, 3.05) is 13.1 Å². The molecule has 0 aromatic carbocycles. The predicted molar refractivity (Wildman–Crippen MR) is 94.5 cm³/mol. The number of hydrogen-bond acceptors (Lipinski definition) is 3. The van der Waals surface area contributed by atoms with Crippen molar-refractivity contribution in [1.82, 2.24) is 15.6 Å². The van der Waals surface area contributed by atoms with E-state index in [1.165, 1.54) is 4.88 Å². The highest BCUT2D eigenvalue weighted by molar-refractivity contribution is 14.0. The molecular formula is C13H25IN4S. The first kappa shape index (κ1) is 18.6. The van der Waals surface area contributed by atoms with Crippen LogP contribution in [0.4, 0.5) is 0 Å². The summed E-state index contributed by atoms with van der Waals surface area (Å²) in [5.74, 6) is 1.61. The Morgan fingerprint density at radius 2 is 2.16 bits per heavy atom. The van der Waals surface area contributed by atoms with E-state index in [4.69, 9.17) is 0 Å². The van der Waals surface area contributed by atoms with E-state index in [0.29, 0.717) is 12.5 Å². The van der Waals surface area contributed by atoms with Crippen molar-refractivity contribution in [3.05, 3.63) is 16.1 Å². The summed E-state index contributed by atoms with van der Waals surface area (Å²) in [6.45, 7) is 11.1. The van der Waals surface area contributed by atoms with E-state index in [9.17, 15) is 0 Å². The van der Waals surface area contributed by atoms with E-state index in [-0.39, 0.29) is 24.0 Å². The topological polar surface area (TPSA) is 49.3 Å². The van der Waals surface area contributed by atoms with Crippen LogP contribution in [-0.2, 0) is 6.54 Å². The second kappa shape index (κ2) is 10.4. The van der Waals surface area contributed by atoms with Gasteiger partial charge in [-0.05, 0) is 26.2 Å². The van der Waals surface area contributed by atoms with Crippen molar-refractivity contribution in [1.29, 1.82) is 0 Å². The molecule has 1 aromatic heterocycles. The number of aromatic nitrogens is 1. The van der Waals surface area contributed by atoms with E-state index >= 15 is 0 Å². The molecule has 2 N–H and O–H groups in total. The highest BCUT2D eigenvalue weighted by Crippen LogP contribution is 2.12. The summed E-state index contributed by atoms with van der Waals surface area (Å²) < 4.78 is 0. The van der Waals surface area contributed by atoms with Gasteiger partial charge >= 0.3 is 0 Å². The van der Waals surface area contributed by atoms with Gasteiger partial charge in [-0.2, -0.15) is 0 Å². The highest BCUT2D eigenvalue weighted by atomic mass is 127. The van der Waals surface area contributed by atoms with Gasteiger partial charge in [0.25, 0.3) is 0 Å². The third-order valence-corrected chi connectivity index (χ3v) is 3.32. The molecule has 4 nitrogen and oxygen atoms in total. The van der Waals surface area contributed by atoms with Gasteiger partial charge < -0.3 is 10.6 Å². The van der Waals surface area contributed by atoms with Gasteiger partial charge in [-0.1, -0.05) is 13.8 Å². The molecule has 0 amide bonds. The zero-order chi connectivity index (χ0) is 13.4. The summed E-state index contributed by atoms with van der Waals surface area (Å²) in [7, 11) is 0. The number of guanidine groups is 1. The number of nitrogens with one attached hydrogen (secondary N) is 2. The van der Waals surface area contributed by atoms with Crippen molar-refractivity contribution in [2.24, 2.45) is 10.9 Å². The Morgan fingerprint density at radius 1 is 1.42 bits per heavy atom. The summed E-state index contributed by atoms with van der Waals surface area (Å²) >= 11 is 1.70. The van der Waals surface area contributed by atoms with Crippen LogP contribution in [0.25, 0.3) is 0 Å². The molecule has 0 saturated heterocycles. The van der Waals surface area contributed by atoms with Crippen LogP contribution in [0.15, 0.2) is 11.2 Å². The van der Waals surface area contributed by atoms with Gasteiger partial charge in [0.05, 0.1) is 11.6 Å². The average molecular weight is 396 g/mol. The van der Waals surface area contributed by atoms with Crippen molar-refractivity contribution in [2.45, 2.75) is 40.7 Å². The van der Waals surface area contributed by atoms with E-state index in [2.05, 4.69) is 41.4 Å². The SMILES string of the molecule is CCNC(=NCc1cnc(C)s1)NCCC(C)C.I. The largest absolute Gasteiger partial charge is 0.357 e. The van der Waals surface area contributed by atoms with Crippen LogP contribution < -0.4 is 10.6 Å². The molecule has 0 saturated carbocycles. The van der Waals surface area contributed by atoms with Gasteiger partial charge in [0.1, 0.15) is 0 Å². The van der Waals surface area contributed by atoms with E-state index in [1.807, 2.05) is 13.1 Å². The summed E-state index contributed by atoms with van der Waals surface area (Å²) in [6.07, 6.45) is 3.06. The van der Waals surface area contributed by atoms with Crippen molar-refractivity contribution >= 4 is 41.3 Å². The number of aliphatic imine (C=N–C) groups is 1. The molecule has 1 rings (SSSR count). The Morgan fingerprint density at radius 3 is 2.68 bits per heavy atom. The molecule has 0 aliphatic carbocycles. The fourth-order valence-corrected chi connectivity index (χ4v) is 2.18. The van der Waals surface area contributed by atoms with Crippen LogP contribution in [0.5, 0.6) is 0 Å². The molecular weight excluding hydrogens is 371 g/mol. The summed E-state index contributed by atoms with van der Waals surface area (Å²) in [4.78, 5) is 10.00. The van der Waals surface area contributed by atoms with Gasteiger partial charge in [-0.3, -0.25) is 0 Å². The Labute approximate surface area is 137 Å². The monoisotopic (exact) mass is 396 g/mol. The summed E-state index contributed by atoms with van der Waals surface area (Å²) in [5, 5.41) is 7.70. The fourth-order valence-electron chi connectivity index (χ4n) is 1.46. The van der Waals surface area contributed by atoms with Crippen LogP contribution in [0.1, 0.15) is 37.1 Å². The standard InChI is InChI=1S/C13H24N4S.HI/c1-5-14-13(15-7-6-10(2)3)17-9-12-8-16-11(4)18-12;/h8,10H,5-7,9H2,1-4H3,(H2,14,15,17);1H. The Kier molecular flexibility index (Phi) is 10.2. The van der Waals surface area contributed by atoms with E-state index < -0.39 is 0 Å². The molecule has 110 valence electrons. The molecule has 0 aliphatic rings. The third-order valence-electron chi connectivity index (χ3n) is 2.42. The molecule has 6 heteroatoms. The Bertz CT molecular complexity index is 376. The minimum absolute atomic E-state index is 0. The van der Waals surface area contributed by atoms with Crippen LogP contribution >= 0.6 is 35.3 Å². The smallest absolute Gasteiger partial charge is 0.191 e. The summed E-state index contributed by atoms with van der Waals surface area (Å²) in [6, 6.07) is 0. The molecule has 19 heavy (non-hydrogen) atoms. The average Bonchev–Trinajstić information content (AvgIpc) is 2.71. The number of aryl methyl sites for hydroxylation is 1. The zero-order valence-corrected chi connectivity index (χ0v) is 15.3. The molecule has 0 fully saturated rings. The number of rotatable bonds is 6. The first-order valence-electron chi connectivity index (χ1n) is 6.55. The van der Waals surface area contributed by atoms with Crippen molar-refractivity contribution < 1.29 is 0 Å². The number of thiazole rings is 1. The molecule has 0 radical (unpaired) electrons. The lowest BCUT2D eigenvalue weighted by molar-refractivity contribution is 0.574. The maximum atomic E-state index is 4.56. The lowest BCUT2D eigenvalue weighted by Crippen LogP contribution is -2.38. The van der Waals surface area contributed by atoms with Crippen LogP contribution in [0, 0.1) is 12.8 Å². The fraction of sp³-hybridized carbons (Fsp3) is 0.692. The van der Waals surface area contributed by atoms with Crippen LogP contribution in [-0.4, -0.2) is 24.0 Å². The van der Waals surface area contributed by atoms with Crippen molar-refractivity contribution in [3.63, 3.8) is 0 Å². The van der Waals surface area contributed by atoms with E-state index in [1.54, 1.807) is 11.3 Å². The van der Waals surface area contributed by atoms with Gasteiger partial charge in [0, 0.05) is 24.2 Å². The van der Waals surface area contributed by atoms with Crippen LogP contribution in [0.3, 0.4) is 0 Å². The second-order valence-electron chi connectivity index (χ2n) is 4.65. The minimum Gasteiger partial charge on any atom is -0.357 e. The molecule has 0 unspecified atom stereocenters. The minimum atomic E-state index is 0. The normalized spacial score (nSPS) is 11.3. The van der Waals surface area contributed by atoms with E-state index in [0.717, 1.165) is 30.5 Å². The van der Waals surface area contributed by atoms with Crippen molar-refractivity contribution in [3.8, 4) is 0 Å². The zero-order valence-electron chi connectivity index (χ0n) is 12.2. The van der Waals surface area contributed by atoms with Gasteiger partial charge in [-0.25, -0.2) is 9.98 Å². The molecule has 0 atom stereocenters. The molecule has 0 spiro atoms. The molecule has 0 bridgehead atoms. The van der Waals surface area contributed by atoms with Gasteiger partial charge in [0.15, 0.2) is 5.96 Å². The first-order chi connectivity index (χ1) is 8.61. The second-order valence-corrected chi connectivity index (χ2v) is 5.97. The molecule has 1 aromatic rings. The molecule has 0 aliphatic heterocycles. The van der Waals surface area contributed by atoms with Gasteiger partial charge in [0.2, 0.25) is 0 Å². The maximum absolute atomic E-state index is 4.56. The summed E-state index contributed by atoms with van der Waals surface area (Å²) in [5.41, 5.74) is 0. The Hall–Kier alpha value is -0.370. The number of halogens is 1. The number of hydrogen-bond donors (Lipinski definition) is 2. The first-order valence-corrected chi connectivity index (χ1v) is 7.37.